The average molecular weight is 331 g/mol. The Labute approximate surface area is 141 Å². The number of carbonyl (C=O) groups is 2. The van der Waals surface area contributed by atoms with Gasteiger partial charge in [-0.2, -0.15) is 0 Å². The standard InChI is InChI=1S/C18H19ClN2O2/c1-13-6-5-7-15(12-13)21(14(2)22)11-10-20-18(23)16-8-3-4-9-17(16)19/h3-9,12H,10-11H2,1-2H3,(H,20,23). The Hall–Kier alpha value is -2.33. The molecule has 1 N–H and O–H groups in total. The van der Waals surface area contributed by atoms with Crippen LogP contribution in [0, 0.1) is 6.92 Å². The fourth-order valence-corrected chi connectivity index (χ4v) is 2.51. The Morgan fingerprint density at radius 1 is 1.13 bits per heavy atom. The van der Waals surface area contributed by atoms with Crippen molar-refractivity contribution in [2.75, 3.05) is 18.0 Å². The number of benzene rings is 2. The molecule has 0 fully saturated rings. The summed E-state index contributed by atoms with van der Waals surface area (Å²) < 4.78 is 0. The van der Waals surface area contributed by atoms with Crippen LogP contribution < -0.4 is 10.2 Å². The van der Waals surface area contributed by atoms with Gasteiger partial charge < -0.3 is 10.2 Å². The topological polar surface area (TPSA) is 49.4 Å². The van der Waals surface area contributed by atoms with Gasteiger partial charge in [0.25, 0.3) is 5.91 Å². The molecule has 0 saturated heterocycles. The number of carbonyl (C=O) groups excluding carboxylic acids is 2. The summed E-state index contributed by atoms with van der Waals surface area (Å²) in [4.78, 5) is 25.6. The summed E-state index contributed by atoms with van der Waals surface area (Å²) in [6.07, 6.45) is 0. The van der Waals surface area contributed by atoms with Crippen molar-refractivity contribution >= 4 is 29.1 Å². The lowest BCUT2D eigenvalue weighted by atomic mass is 10.2. The maximum absolute atomic E-state index is 12.1. The number of hydrogen-bond donors (Lipinski definition) is 1. The van der Waals surface area contributed by atoms with Crippen LogP contribution in [0.2, 0.25) is 5.02 Å². The lowest BCUT2D eigenvalue weighted by Gasteiger charge is -2.22. The summed E-state index contributed by atoms with van der Waals surface area (Å²) in [6.45, 7) is 4.23. The first kappa shape index (κ1) is 17.0. The van der Waals surface area contributed by atoms with E-state index in [1.807, 2.05) is 31.2 Å². The monoisotopic (exact) mass is 330 g/mol. The van der Waals surface area contributed by atoms with E-state index >= 15 is 0 Å². The fourth-order valence-electron chi connectivity index (χ4n) is 2.29. The van der Waals surface area contributed by atoms with Crippen LogP contribution in [0.4, 0.5) is 5.69 Å². The van der Waals surface area contributed by atoms with Crippen LogP contribution in [-0.4, -0.2) is 24.9 Å². The first-order valence-corrected chi connectivity index (χ1v) is 7.74. The largest absolute Gasteiger partial charge is 0.350 e. The molecule has 2 aromatic rings. The van der Waals surface area contributed by atoms with E-state index in [9.17, 15) is 9.59 Å². The van der Waals surface area contributed by atoms with Crippen molar-refractivity contribution in [1.29, 1.82) is 0 Å². The van der Waals surface area contributed by atoms with E-state index in [0.29, 0.717) is 23.7 Å². The number of anilines is 1. The Balaban J connectivity index is 1.99. The minimum atomic E-state index is -0.247. The predicted molar refractivity (Wildman–Crippen MR) is 93.0 cm³/mol. The SMILES string of the molecule is CC(=O)N(CCNC(=O)c1ccccc1Cl)c1cccc(C)c1. The number of hydrogen-bond acceptors (Lipinski definition) is 2. The summed E-state index contributed by atoms with van der Waals surface area (Å²) in [6, 6.07) is 14.6. The number of nitrogens with one attached hydrogen (secondary N) is 1. The first-order valence-electron chi connectivity index (χ1n) is 7.36. The maximum Gasteiger partial charge on any atom is 0.252 e. The third-order valence-corrected chi connectivity index (χ3v) is 3.76. The van der Waals surface area contributed by atoms with Gasteiger partial charge in [0.1, 0.15) is 0 Å². The summed E-state index contributed by atoms with van der Waals surface area (Å²) in [7, 11) is 0. The molecule has 4 nitrogen and oxygen atoms in total. The quantitative estimate of drug-likeness (QED) is 0.913. The zero-order valence-electron chi connectivity index (χ0n) is 13.2. The van der Waals surface area contributed by atoms with Crippen molar-refractivity contribution < 1.29 is 9.59 Å². The number of aryl methyl sites for hydroxylation is 1. The van der Waals surface area contributed by atoms with Gasteiger partial charge in [0.2, 0.25) is 5.91 Å². The van der Waals surface area contributed by atoms with Crippen molar-refractivity contribution in [3.8, 4) is 0 Å². The molecule has 0 aliphatic heterocycles. The molecule has 5 heteroatoms. The number of nitrogens with zero attached hydrogens (tertiary/aromatic N) is 1. The summed E-state index contributed by atoms with van der Waals surface area (Å²) >= 11 is 6.00. The first-order chi connectivity index (χ1) is 11.0. The molecule has 0 unspecified atom stereocenters. The number of rotatable bonds is 5. The lowest BCUT2D eigenvalue weighted by molar-refractivity contribution is -0.116. The van der Waals surface area contributed by atoms with Crippen molar-refractivity contribution in [2.24, 2.45) is 0 Å². The van der Waals surface area contributed by atoms with Gasteiger partial charge in [-0.3, -0.25) is 9.59 Å². The Morgan fingerprint density at radius 2 is 1.87 bits per heavy atom. The van der Waals surface area contributed by atoms with Gasteiger partial charge in [-0.25, -0.2) is 0 Å². The molecule has 2 rings (SSSR count). The molecule has 0 bridgehead atoms. The second-order valence-corrected chi connectivity index (χ2v) is 5.65. The zero-order chi connectivity index (χ0) is 16.8. The Morgan fingerprint density at radius 3 is 2.52 bits per heavy atom. The van der Waals surface area contributed by atoms with Gasteiger partial charge in [-0.1, -0.05) is 35.9 Å². The van der Waals surface area contributed by atoms with Crippen molar-refractivity contribution in [1.82, 2.24) is 5.32 Å². The minimum Gasteiger partial charge on any atom is -0.350 e. The molecule has 0 saturated carbocycles. The minimum absolute atomic E-state index is 0.0670. The smallest absolute Gasteiger partial charge is 0.252 e. The van der Waals surface area contributed by atoms with E-state index in [0.717, 1.165) is 11.3 Å². The summed E-state index contributed by atoms with van der Waals surface area (Å²) in [5.41, 5.74) is 2.33. The van der Waals surface area contributed by atoms with Gasteiger partial charge in [0.05, 0.1) is 10.6 Å². The third kappa shape index (κ3) is 4.57. The molecule has 0 aliphatic rings. The van der Waals surface area contributed by atoms with E-state index < -0.39 is 0 Å². The van der Waals surface area contributed by atoms with Crippen molar-refractivity contribution in [2.45, 2.75) is 13.8 Å². The summed E-state index contributed by atoms with van der Waals surface area (Å²) in [5.74, 6) is -0.314. The van der Waals surface area contributed by atoms with Gasteiger partial charge in [-0.15, -0.1) is 0 Å². The molecule has 0 atom stereocenters. The fraction of sp³-hybridized carbons (Fsp3) is 0.222. The predicted octanol–water partition coefficient (Wildman–Crippen LogP) is 3.43. The van der Waals surface area contributed by atoms with Crippen LogP contribution in [0.5, 0.6) is 0 Å². The van der Waals surface area contributed by atoms with Crippen LogP contribution in [0.15, 0.2) is 48.5 Å². The van der Waals surface area contributed by atoms with E-state index in [1.54, 1.807) is 29.2 Å². The summed E-state index contributed by atoms with van der Waals surface area (Å²) in [5, 5.41) is 3.20. The van der Waals surface area contributed by atoms with E-state index in [2.05, 4.69) is 5.32 Å². The number of amides is 2. The molecule has 2 amide bonds. The molecule has 0 aliphatic carbocycles. The molecule has 2 aromatic carbocycles. The van der Waals surface area contributed by atoms with E-state index in [4.69, 9.17) is 11.6 Å². The van der Waals surface area contributed by atoms with Crippen LogP contribution in [-0.2, 0) is 4.79 Å². The molecule has 0 radical (unpaired) electrons. The van der Waals surface area contributed by atoms with Crippen LogP contribution >= 0.6 is 11.6 Å². The second kappa shape index (κ2) is 7.79. The second-order valence-electron chi connectivity index (χ2n) is 5.25. The van der Waals surface area contributed by atoms with Gasteiger partial charge in [0, 0.05) is 25.7 Å². The van der Waals surface area contributed by atoms with Crippen LogP contribution in [0.25, 0.3) is 0 Å². The highest BCUT2D eigenvalue weighted by atomic mass is 35.5. The Kier molecular flexibility index (Phi) is 5.77. The average Bonchev–Trinajstić information content (AvgIpc) is 2.51. The lowest BCUT2D eigenvalue weighted by Crippen LogP contribution is -2.37. The van der Waals surface area contributed by atoms with E-state index in [1.165, 1.54) is 6.92 Å². The number of halogens is 1. The van der Waals surface area contributed by atoms with E-state index in [-0.39, 0.29) is 11.8 Å². The molecular weight excluding hydrogens is 312 g/mol. The van der Waals surface area contributed by atoms with Gasteiger partial charge in [-0.05, 0) is 36.8 Å². The molecule has 0 aromatic heterocycles. The normalized spacial score (nSPS) is 10.2. The molecular formula is C18H19ClN2O2. The highest BCUT2D eigenvalue weighted by Gasteiger charge is 2.13. The van der Waals surface area contributed by atoms with Gasteiger partial charge >= 0.3 is 0 Å². The highest BCUT2D eigenvalue weighted by molar-refractivity contribution is 6.33. The molecule has 0 spiro atoms. The highest BCUT2D eigenvalue weighted by Crippen LogP contribution is 2.16. The molecule has 0 heterocycles. The van der Waals surface area contributed by atoms with Gasteiger partial charge in [0.15, 0.2) is 0 Å². The van der Waals surface area contributed by atoms with Crippen LogP contribution in [0.1, 0.15) is 22.8 Å². The van der Waals surface area contributed by atoms with Crippen molar-refractivity contribution in [3.63, 3.8) is 0 Å². The van der Waals surface area contributed by atoms with Crippen LogP contribution in [0.3, 0.4) is 0 Å². The maximum atomic E-state index is 12.1. The Bertz CT molecular complexity index is 716. The zero-order valence-corrected chi connectivity index (χ0v) is 13.9. The molecule has 120 valence electrons. The third-order valence-electron chi connectivity index (χ3n) is 3.43. The van der Waals surface area contributed by atoms with Crippen molar-refractivity contribution in [3.05, 3.63) is 64.7 Å². The molecule has 23 heavy (non-hydrogen) atoms.